The second-order valence-electron chi connectivity index (χ2n) is 9.88. The summed E-state index contributed by atoms with van der Waals surface area (Å²) in [5.74, 6) is -1.91. The van der Waals surface area contributed by atoms with Crippen LogP contribution in [-0.4, -0.2) is 53.4 Å². The van der Waals surface area contributed by atoms with Gasteiger partial charge in [-0.25, -0.2) is 0 Å². The summed E-state index contributed by atoms with van der Waals surface area (Å²) in [5.41, 5.74) is 8.51. The van der Waals surface area contributed by atoms with Crippen LogP contribution < -0.4 is 27.0 Å². The topological polar surface area (TPSA) is 163 Å². The summed E-state index contributed by atoms with van der Waals surface area (Å²) < 4.78 is 0. The Bertz CT molecular complexity index is 1300. The number of hydrogen-bond acceptors (Lipinski definition) is 6. The molecule has 0 saturated carbocycles. The van der Waals surface area contributed by atoms with Crippen molar-refractivity contribution in [3.05, 3.63) is 102 Å². The SMILES string of the molecule is CC(NC(=O)CNC(=O)[C@H](Cc1ccccc1)NC(=O)[C@@H](C)NC(=O)[C@@H](N)Cc1ccc(O)cc1)c1ccccc1. The van der Waals surface area contributed by atoms with Crippen LogP contribution >= 0.6 is 0 Å². The molecule has 0 aliphatic carbocycles. The van der Waals surface area contributed by atoms with Crippen LogP contribution in [0.5, 0.6) is 5.75 Å². The van der Waals surface area contributed by atoms with Crippen molar-refractivity contribution < 1.29 is 24.3 Å². The van der Waals surface area contributed by atoms with Gasteiger partial charge in [0.25, 0.3) is 0 Å². The molecule has 10 nitrogen and oxygen atoms in total. The van der Waals surface area contributed by atoms with Crippen LogP contribution in [0.3, 0.4) is 0 Å². The summed E-state index contributed by atoms with van der Waals surface area (Å²) in [7, 11) is 0. The summed E-state index contributed by atoms with van der Waals surface area (Å²) in [5, 5.41) is 20.1. The Balaban J connectivity index is 1.57. The smallest absolute Gasteiger partial charge is 0.243 e. The number of carbonyl (C=O) groups excluding carboxylic acids is 4. The molecule has 3 aromatic carbocycles. The lowest BCUT2D eigenvalue weighted by atomic mass is 10.0. The van der Waals surface area contributed by atoms with Crippen LogP contribution in [0, 0.1) is 0 Å². The minimum Gasteiger partial charge on any atom is -0.508 e. The van der Waals surface area contributed by atoms with Crippen LogP contribution in [0.1, 0.15) is 36.6 Å². The molecule has 3 aromatic rings. The van der Waals surface area contributed by atoms with E-state index in [0.717, 1.165) is 16.7 Å². The number of phenols is 1. The summed E-state index contributed by atoms with van der Waals surface area (Å²) in [6.07, 6.45) is 0.395. The summed E-state index contributed by atoms with van der Waals surface area (Å²) >= 11 is 0. The highest BCUT2D eigenvalue weighted by Crippen LogP contribution is 2.12. The molecular formula is C31H37N5O5. The number of phenolic OH excluding ortho intramolecular Hbond substituents is 1. The minimum absolute atomic E-state index is 0.105. The Morgan fingerprint density at radius 3 is 1.93 bits per heavy atom. The van der Waals surface area contributed by atoms with E-state index in [1.807, 2.05) is 67.6 Å². The molecule has 216 valence electrons. The average Bonchev–Trinajstić information content (AvgIpc) is 2.97. The van der Waals surface area contributed by atoms with E-state index in [1.54, 1.807) is 12.1 Å². The third kappa shape index (κ3) is 10.1. The van der Waals surface area contributed by atoms with Gasteiger partial charge in [-0.2, -0.15) is 0 Å². The molecule has 0 radical (unpaired) electrons. The fourth-order valence-corrected chi connectivity index (χ4v) is 4.13. The lowest BCUT2D eigenvalue weighted by molar-refractivity contribution is -0.132. The number of rotatable bonds is 13. The van der Waals surface area contributed by atoms with Crippen molar-refractivity contribution in [1.82, 2.24) is 21.3 Å². The van der Waals surface area contributed by atoms with Gasteiger partial charge in [0.2, 0.25) is 23.6 Å². The molecular weight excluding hydrogens is 522 g/mol. The first-order chi connectivity index (χ1) is 19.6. The zero-order valence-electron chi connectivity index (χ0n) is 23.2. The van der Waals surface area contributed by atoms with E-state index < -0.39 is 35.8 Å². The van der Waals surface area contributed by atoms with Gasteiger partial charge in [-0.3, -0.25) is 19.2 Å². The number of aromatic hydroxyl groups is 1. The monoisotopic (exact) mass is 559 g/mol. The number of hydrogen-bond donors (Lipinski definition) is 6. The van der Waals surface area contributed by atoms with Gasteiger partial charge in [-0.15, -0.1) is 0 Å². The normalized spacial score (nSPS) is 13.6. The maximum Gasteiger partial charge on any atom is 0.243 e. The fraction of sp³-hybridized carbons (Fsp3) is 0.290. The predicted molar refractivity (Wildman–Crippen MR) is 155 cm³/mol. The molecule has 0 spiro atoms. The van der Waals surface area contributed by atoms with E-state index in [4.69, 9.17) is 5.73 Å². The third-order valence-electron chi connectivity index (χ3n) is 6.50. The second-order valence-corrected chi connectivity index (χ2v) is 9.88. The molecule has 0 bridgehead atoms. The molecule has 1 unspecified atom stereocenters. The largest absolute Gasteiger partial charge is 0.508 e. The maximum absolute atomic E-state index is 13.1. The fourth-order valence-electron chi connectivity index (χ4n) is 4.13. The van der Waals surface area contributed by atoms with E-state index in [2.05, 4.69) is 21.3 Å². The Morgan fingerprint density at radius 1 is 0.707 bits per heavy atom. The van der Waals surface area contributed by atoms with Crippen molar-refractivity contribution in [3.63, 3.8) is 0 Å². The molecule has 3 rings (SSSR count). The number of nitrogens with one attached hydrogen (secondary N) is 4. The van der Waals surface area contributed by atoms with Crippen molar-refractivity contribution in [3.8, 4) is 5.75 Å². The van der Waals surface area contributed by atoms with Gasteiger partial charge in [0, 0.05) is 6.42 Å². The number of benzene rings is 3. The standard InChI is InChI=1S/C31H37N5O5/c1-20(24-11-7-4-8-12-24)34-28(38)19-33-31(41)27(18-22-9-5-3-6-10-22)36-29(39)21(2)35-30(40)26(32)17-23-13-15-25(37)16-14-23/h3-16,20-21,26-27,37H,17-19,32H2,1-2H3,(H,33,41)(H,34,38)(H,35,40)(H,36,39)/t20?,21-,26+,27+/m1/s1. The van der Waals surface area contributed by atoms with Gasteiger partial charge in [0.05, 0.1) is 18.6 Å². The van der Waals surface area contributed by atoms with Crippen LogP contribution in [0.15, 0.2) is 84.9 Å². The molecule has 4 atom stereocenters. The zero-order valence-corrected chi connectivity index (χ0v) is 23.2. The van der Waals surface area contributed by atoms with Gasteiger partial charge >= 0.3 is 0 Å². The second kappa shape index (κ2) is 15.2. The first-order valence-electron chi connectivity index (χ1n) is 13.4. The van der Waals surface area contributed by atoms with Crippen molar-refractivity contribution in [2.45, 2.75) is 50.9 Å². The molecule has 7 N–H and O–H groups in total. The quantitative estimate of drug-likeness (QED) is 0.186. The van der Waals surface area contributed by atoms with Crippen molar-refractivity contribution >= 4 is 23.6 Å². The van der Waals surface area contributed by atoms with Gasteiger partial charge < -0.3 is 32.1 Å². The van der Waals surface area contributed by atoms with Crippen molar-refractivity contribution in [2.24, 2.45) is 5.73 Å². The summed E-state index contributed by atoms with van der Waals surface area (Å²) in [6.45, 7) is 3.08. The Morgan fingerprint density at radius 2 is 1.29 bits per heavy atom. The lowest BCUT2D eigenvalue weighted by Gasteiger charge is -2.22. The number of amides is 4. The average molecular weight is 560 g/mol. The highest BCUT2D eigenvalue weighted by atomic mass is 16.3. The summed E-state index contributed by atoms with van der Waals surface area (Å²) in [4.78, 5) is 51.2. The molecule has 0 saturated heterocycles. The van der Waals surface area contributed by atoms with Crippen molar-refractivity contribution in [2.75, 3.05) is 6.54 Å². The molecule has 41 heavy (non-hydrogen) atoms. The lowest BCUT2D eigenvalue weighted by Crippen LogP contribution is -2.56. The number of carbonyl (C=O) groups is 4. The van der Waals surface area contributed by atoms with Crippen molar-refractivity contribution in [1.29, 1.82) is 0 Å². The van der Waals surface area contributed by atoms with Gasteiger partial charge in [-0.1, -0.05) is 72.8 Å². The Kier molecular flexibility index (Phi) is 11.4. The first kappa shape index (κ1) is 30.8. The molecule has 10 heteroatoms. The van der Waals surface area contributed by atoms with E-state index in [-0.39, 0.29) is 37.1 Å². The van der Waals surface area contributed by atoms with E-state index in [1.165, 1.54) is 19.1 Å². The zero-order chi connectivity index (χ0) is 29.8. The van der Waals surface area contributed by atoms with Crippen LogP contribution in [0.2, 0.25) is 0 Å². The van der Waals surface area contributed by atoms with E-state index >= 15 is 0 Å². The Hall–Kier alpha value is -4.70. The predicted octanol–water partition coefficient (Wildman–Crippen LogP) is 1.49. The highest BCUT2D eigenvalue weighted by molar-refractivity contribution is 5.94. The van der Waals surface area contributed by atoms with Crippen LogP contribution in [0.25, 0.3) is 0 Å². The minimum atomic E-state index is -0.991. The molecule has 0 aliphatic rings. The molecule has 4 amide bonds. The van der Waals surface area contributed by atoms with Gasteiger partial charge in [0.1, 0.15) is 17.8 Å². The molecule has 0 aliphatic heterocycles. The molecule has 0 fully saturated rings. The maximum atomic E-state index is 13.1. The third-order valence-corrected chi connectivity index (χ3v) is 6.50. The first-order valence-corrected chi connectivity index (χ1v) is 13.4. The van der Waals surface area contributed by atoms with E-state index in [9.17, 15) is 24.3 Å². The van der Waals surface area contributed by atoms with Crippen LogP contribution in [-0.2, 0) is 32.0 Å². The van der Waals surface area contributed by atoms with Gasteiger partial charge in [-0.05, 0) is 49.1 Å². The van der Waals surface area contributed by atoms with Gasteiger partial charge in [0.15, 0.2) is 0 Å². The number of nitrogens with two attached hydrogens (primary N) is 1. The molecule has 0 heterocycles. The molecule has 0 aromatic heterocycles. The highest BCUT2D eigenvalue weighted by Gasteiger charge is 2.26. The van der Waals surface area contributed by atoms with E-state index in [0.29, 0.717) is 0 Å². The summed E-state index contributed by atoms with van der Waals surface area (Å²) in [6, 6.07) is 21.8. The van der Waals surface area contributed by atoms with Crippen LogP contribution in [0.4, 0.5) is 0 Å². The Labute approximate surface area is 239 Å².